The molecule has 0 saturated heterocycles. The maximum absolute atomic E-state index is 12.0. The molecule has 0 bridgehead atoms. The van der Waals surface area contributed by atoms with E-state index in [4.69, 9.17) is 14.2 Å². The Morgan fingerprint density at radius 2 is 1.45 bits per heavy atom. The molecule has 0 unspecified atom stereocenters. The van der Waals surface area contributed by atoms with Crippen molar-refractivity contribution in [2.75, 3.05) is 28.4 Å². The number of rotatable bonds is 7. The summed E-state index contributed by atoms with van der Waals surface area (Å²) in [6.45, 7) is 0. The standard InChI is InChI=1S/C14H18O6/c1-17-11-7-9(8-12(18-2)14(11)20-4)10(15)5-6-13(16)19-3/h7-8H,5-6H2,1-4H3. The molecule has 0 fully saturated rings. The molecule has 0 amide bonds. The van der Waals surface area contributed by atoms with Crippen molar-refractivity contribution >= 4 is 11.8 Å². The third-order valence-electron chi connectivity index (χ3n) is 2.77. The lowest BCUT2D eigenvalue weighted by Gasteiger charge is -2.13. The van der Waals surface area contributed by atoms with Gasteiger partial charge in [0.2, 0.25) is 5.75 Å². The van der Waals surface area contributed by atoms with Crippen LogP contribution in [0.5, 0.6) is 17.2 Å². The second-order valence-electron chi connectivity index (χ2n) is 3.91. The van der Waals surface area contributed by atoms with Gasteiger partial charge in [0, 0.05) is 12.0 Å². The molecular formula is C14H18O6. The van der Waals surface area contributed by atoms with Crippen LogP contribution in [0.2, 0.25) is 0 Å². The first-order chi connectivity index (χ1) is 9.57. The van der Waals surface area contributed by atoms with Crippen LogP contribution in [0.15, 0.2) is 12.1 Å². The summed E-state index contributed by atoms with van der Waals surface area (Å²) in [6.07, 6.45) is 0.0945. The lowest BCUT2D eigenvalue weighted by Crippen LogP contribution is -2.07. The van der Waals surface area contributed by atoms with Gasteiger partial charge >= 0.3 is 5.97 Å². The van der Waals surface area contributed by atoms with Gasteiger partial charge in [-0.25, -0.2) is 0 Å². The van der Waals surface area contributed by atoms with Gasteiger partial charge in [-0.3, -0.25) is 9.59 Å². The van der Waals surface area contributed by atoms with Crippen molar-refractivity contribution in [2.45, 2.75) is 12.8 Å². The number of hydrogen-bond donors (Lipinski definition) is 0. The van der Waals surface area contributed by atoms with Crippen molar-refractivity contribution < 1.29 is 28.5 Å². The molecule has 0 aliphatic rings. The zero-order valence-corrected chi connectivity index (χ0v) is 12.0. The maximum atomic E-state index is 12.0. The van der Waals surface area contributed by atoms with Crippen LogP contribution in [0.3, 0.4) is 0 Å². The smallest absolute Gasteiger partial charge is 0.305 e. The fourth-order valence-corrected chi connectivity index (χ4v) is 1.70. The molecule has 0 saturated carbocycles. The Bertz CT molecular complexity index is 469. The van der Waals surface area contributed by atoms with Crippen LogP contribution in [-0.2, 0) is 9.53 Å². The van der Waals surface area contributed by atoms with E-state index in [1.165, 1.54) is 28.4 Å². The van der Waals surface area contributed by atoms with Gasteiger partial charge in [-0.1, -0.05) is 0 Å². The molecule has 0 spiro atoms. The van der Waals surface area contributed by atoms with Crippen molar-refractivity contribution in [3.63, 3.8) is 0 Å². The fraction of sp³-hybridized carbons (Fsp3) is 0.429. The SMILES string of the molecule is COC(=O)CCC(=O)c1cc(OC)c(OC)c(OC)c1. The van der Waals surface area contributed by atoms with E-state index < -0.39 is 5.97 Å². The number of ketones is 1. The highest BCUT2D eigenvalue weighted by molar-refractivity contribution is 5.98. The lowest BCUT2D eigenvalue weighted by atomic mass is 10.1. The number of hydrogen-bond acceptors (Lipinski definition) is 6. The van der Waals surface area contributed by atoms with Gasteiger partial charge in [0.25, 0.3) is 0 Å². The molecule has 6 nitrogen and oxygen atoms in total. The first kappa shape index (κ1) is 15.8. The van der Waals surface area contributed by atoms with E-state index in [1.807, 2.05) is 0 Å². The van der Waals surface area contributed by atoms with Crippen LogP contribution < -0.4 is 14.2 Å². The zero-order valence-electron chi connectivity index (χ0n) is 12.0. The van der Waals surface area contributed by atoms with Crippen molar-refractivity contribution in [2.24, 2.45) is 0 Å². The van der Waals surface area contributed by atoms with Crippen LogP contribution in [0, 0.1) is 0 Å². The fourth-order valence-electron chi connectivity index (χ4n) is 1.70. The average molecular weight is 282 g/mol. The van der Waals surface area contributed by atoms with Crippen molar-refractivity contribution in [1.29, 1.82) is 0 Å². The monoisotopic (exact) mass is 282 g/mol. The Labute approximate surface area is 117 Å². The van der Waals surface area contributed by atoms with Crippen molar-refractivity contribution in [3.8, 4) is 17.2 Å². The molecule has 0 heterocycles. The van der Waals surface area contributed by atoms with Crippen LogP contribution >= 0.6 is 0 Å². The Hall–Kier alpha value is -2.24. The number of benzene rings is 1. The second kappa shape index (κ2) is 7.37. The normalized spacial score (nSPS) is 9.80. The molecule has 20 heavy (non-hydrogen) atoms. The van der Waals surface area contributed by atoms with E-state index >= 15 is 0 Å². The van der Waals surface area contributed by atoms with Gasteiger partial charge in [0.15, 0.2) is 17.3 Å². The Balaban J connectivity index is 3.00. The summed E-state index contributed by atoms with van der Waals surface area (Å²) in [5.74, 6) is 0.585. The number of esters is 1. The number of Topliss-reactive ketones (excluding diaryl/α,β-unsaturated/α-hetero) is 1. The van der Waals surface area contributed by atoms with Crippen LogP contribution in [0.25, 0.3) is 0 Å². The summed E-state index contributed by atoms with van der Waals surface area (Å²) in [4.78, 5) is 23.1. The molecular weight excluding hydrogens is 264 g/mol. The Kier molecular flexibility index (Phi) is 5.83. The van der Waals surface area contributed by atoms with Crippen LogP contribution in [0.1, 0.15) is 23.2 Å². The largest absolute Gasteiger partial charge is 0.493 e. The maximum Gasteiger partial charge on any atom is 0.305 e. The molecule has 1 rings (SSSR count). The topological polar surface area (TPSA) is 71.1 Å². The summed E-state index contributed by atoms with van der Waals surface area (Å²) < 4.78 is 20.0. The quantitative estimate of drug-likeness (QED) is 0.561. The van der Waals surface area contributed by atoms with E-state index in [0.29, 0.717) is 22.8 Å². The van der Waals surface area contributed by atoms with Crippen LogP contribution in [0.4, 0.5) is 0 Å². The molecule has 0 aliphatic carbocycles. The minimum absolute atomic E-state index is 0.0337. The van der Waals surface area contributed by atoms with Gasteiger partial charge < -0.3 is 18.9 Å². The van der Waals surface area contributed by atoms with E-state index in [-0.39, 0.29) is 18.6 Å². The molecule has 0 radical (unpaired) electrons. The summed E-state index contributed by atoms with van der Waals surface area (Å²) in [7, 11) is 5.71. The molecule has 0 N–H and O–H groups in total. The molecule has 1 aromatic rings. The average Bonchev–Trinajstić information content (AvgIpc) is 2.50. The molecule has 0 aromatic heterocycles. The highest BCUT2D eigenvalue weighted by atomic mass is 16.5. The van der Waals surface area contributed by atoms with E-state index in [9.17, 15) is 9.59 Å². The highest BCUT2D eigenvalue weighted by Crippen LogP contribution is 2.38. The number of methoxy groups -OCH3 is 4. The molecule has 1 aromatic carbocycles. The molecule has 0 aliphatic heterocycles. The van der Waals surface area contributed by atoms with E-state index in [1.54, 1.807) is 12.1 Å². The Morgan fingerprint density at radius 1 is 0.900 bits per heavy atom. The van der Waals surface area contributed by atoms with Crippen LogP contribution in [-0.4, -0.2) is 40.2 Å². The zero-order chi connectivity index (χ0) is 15.1. The summed E-state index contributed by atoms with van der Waals surface area (Å²) in [6, 6.07) is 3.11. The number of carbonyl (C=O) groups excluding carboxylic acids is 2. The predicted octanol–water partition coefficient (Wildman–Crippen LogP) is 1.85. The minimum Gasteiger partial charge on any atom is -0.493 e. The lowest BCUT2D eigenvalue weighted by molar-refractivity contribution is -0.140. The Morgan fingerprint density at radius 3 is 1.85 bits per heavy atom. The van der Waals surface area contributed by atoms with Gasteiger partial charge in [0.1, 0.15) is 0 Å². The molecule has 0 atom stereocenters. The molecule has 110 valence electrons. The third-order valence-corrected chi connectivity index (χ3v) is 2.77. The van der Waals surface area contributed by atoms with Gasteiger partial charge in [-0.05, 0) is 12.1 Å². The van der Waals surface area contributed by atoms with Gasteiger partial charge in [-0.2, -0.15) is 0 Å². The first-order valence-electron chi connectivity index (χ1n) is 5.97. The first-order valence-corrected chi connectivity index (χ1v) is 5.97. The highest BCUT2D eigenvalue weighted by Gasteiger charge is 2.17. The minimum atomic E-state index is -0.425. The predicted molar refractivity (Wildman–Crippen MR) is 71.7 cm³/mol. The van der Waals surface area contributed by atoms with Crippen molar-refractivity contribution in [3.05, 3.63) is 17.7 Å². The summed E-state index contributed by atoms with van der Waals surface area (Å²) >= 11 is 0. The summed E-state index contributed by atoms with van der Waals surface area (Å²) in [5, 5.41) is 0. The van der Waals surface area contributed by atoms with E-state index in [2.05, 4.69) is 4.74 Å². The summed E-state index contributed by atoms with van der Waals surface area (Å²) in [5.41, 5.74) is 0.392. The van der Waals surface area contributed by atoms with E-state index in [0.717, 1.165) is 0 Å². The van der Waals surface area contributed by atoms with Gasteiger partial charge in [0.05, 0.1) is 34.9 Å². The number of carbonyl (C=O) groups is 2. The van der Waals surface area contributed by atoms with Gasteiger partial charge in [-0.15, -0.1) is 0 Å². The van der Waals surface area contributed by atoms with Crippen molar-refractivity contribution in [1.82, 2.24) is 0 Å². The third kappa shape index (κ3) is 3.63. The second-order valence-corrected chi connectivity index (χ2v) is 3.91. The molecule has 6 heteroatoms. The number of ether oxygens (including phenoxy) is 4.